The van der Waals surface area contributed by atoms with Gasteiger partial charge in [0, 0.05) is 6.92 Å². The lowest BCUT2D eigenvalue weighted by Gasteiger charge is -2.47. The van der Waals surface area contributed by atoms with E-state index < -0.39 is 101 Å². The summed E-state index contributed by atoms with van der Waals surface area (Å²) in [5.41, 5.74) is 0. The highest BCUT2D eigenvalue weighted by molar-refractivity contribution is 7.81. The van der Waals surface area contributed by atoms with Crippen molar-refractivity contribution in [3.05, 3.63) is 0 Å². The van der Waals surface area contributed by atoms with E-state index in [0.717, 1.165) is 6.92 Å². The molecule has 8 N–H and O–H groups in total. The molecule has 35 heavy (non-hydrogen) atoms. The van der Waals surface area contributed by atoms with Gasteiger partial charge in [-0.05, 0) is 0 Å². The highest BCUT2D eigenvalue weighted by Crippen LogP contribution is 2.32. The van der Waals surface area contributed by atoms with E-state index in [-0.39, 0.29) is 0 Å². The Balaban J connectivity index is 2.55. The zero-order valence-corrected chi connectivity index (χ0v) is 19.1. The lowest BCUT2D eigenvalue weighted by molar-refractivity contribution is -0.331. The standard InChI is InChI=1S/C14H23NO18S2/c1-3(17)15-5-9(8(32-34(23,24)25)4(2-16)29-13(5)22)30-14-11(33-35(26,27)28)7(19)6(18)10(31-14)12(20)21/h4-11,13-14,16,18-19,22H,2H2,1H3,(H,15,17)(H,20,21)(H,23,24,25)(H,26,27,28)/t4-,5-,6+,7+,8+,9-,10+,11-,13+,14-/m1/s1. The van der Waals surface area contributed by atoms with Crippen molar-refractivity contribution in [2.75, 3.05) is 6.61 Å². The number of carbonyl (C=O) groups is 2. The SMILES string of the molecule is CC(=O)N[C@@H]1[C@@H](O[C@@H]2O[C@H](C(=O)O)[C@@H](O)[C@H](O)[C@H]2OS(=O)(=O)O)[C@@H](OS(=O)(=O)O)[C@@H](CO)O[C@@H]1O. The lowest BCUT2D eigenvalue weighted by Crippen LogP contribution is -2.68. The Hall–Kier alpha value is -1.60. The number of aliphatic hydroxyl groups excluding tert-OH is 4. The van der Waals surface area contributed by atoms with Gasteiger partial charge in [-0.3, -0.25) is 13.9 Å². The van der Waals surface area contributed by atoms with Crippen LogP contribution in [0.5, 0.6) is 0 Å². The number of ether oxygens (including phenoxy) is 3. The Kier molecular flexibility index (Phi) is 9.48. The molecule has 2 saturated heterocycles. The van der Waals surface area contributed by atoms with E-state index in [1.54, 1.807) is 0 Å². The van der Waals surface area contributed by atoms with E-state index in [9.17, 15) is 52.0 Å². The maximum Gasteiger partial charge on any atom is 0.397 e. The predicted octanol–water partition coefficient (Wildman–Crippen LogP) is -5.51. The molecule has 0 unspecified atom stereocenters. The minimum atomic E-state index is -5.42. The average molecular weight is 557 g/mol. The minimum absolute atomic E-state index is 0.881. The molecule has 0 saturated carbocycles. The molecule has 0 spiro atoms. The first kappa shape index (κ1) is 29.6. The molecule has 2 fully saturated rings. The number of hydrogen-bond donors (Lipinski definition) is 8. The number of rotatable bonds is 9. The topological polar surface area (TPSA) is 302 Å². The van der Waals surface area contributed by atoms with Gasteiger partial charge in [-0.15, -0.1) is 0 Å². The molecule has 0 aromatic heterocycles. The zero-order valence-electron chi connectivity index (χ0n) is 17.4. The van der Waals surface area contributed by atoms with Crippen LogP contribution in [0.1, 0.15) is 6.92 Å². The fourth-order valence-corrected chi connectivity index (χ4v) is 4.42. The number of amides is 1. The Morgan fingerprint density at radius 1 is 0.914 bits per heavy atom. The first-order valence-electron chi connectivity index (χ1n) is 9.38. The molecule has 19 nitrogen and oxygen atoms in total. The second-order valence-electron chi connectivity index (χ2n) is 7.30. The molecule has 0 aromatic carbocycles. The summed E-state index contributed by atoms with van der Waals surface area (Å²) in [5, 5.41) is 51.2. The van der Waals surface area contributed by atoms with Crippen molar-refractivity contribution in [3.63, 3.8) is 0 Å². The summed E-state index contributed by atoms with van der Waals surface area (Å²) in [4.78, 5) is 23.0. The number of aliphatic carboxylic acids is 1. The molecule has 0 radical (unpaired) electrons. The molecular weight excluding hydrogens is 534 g/mol. The molecule has 2 aliphatic rings. The van der Waals surface area contributed by atoms with Crippen molar-refractivity contribution in [2.45, 2.75) is 68.3 Å². The van der Waals surface area contributed by atoms with Gasteiger partial charge in [-0.1, -0.05) is 0 Å². The summed E-state index contributed by atoms with van der Waals surface area (Å²) in [6, 6.07) is -1.82. The third kappa shape index (κ3) is 7.69. The zero-order chi connectivity index (χ0) is 26.9. The first-order chi connectivity index (χ1) is 15.9. The molecular formula is C14H23NO18S2. The van der Waals surface area contributed by atoms with Crippen LogP contribution in [0, 0.1) is 0 Å². The third-order valence-corrected chi connectivity index (χ3v) is 5.69. The van der Waals surface area contributed by atoms with E-state index in [4.69, 9.17) is 23.3 Å². The summed E-state index contributed by atoms with van der Waals surface area (Å²) < 4.78 is 87.2. The maximum atomic E-state index is 11.6. The monoisotopic (exact) mass is 557 g/mol. The van der Waals surface area contributed by atoms with Crippen molar-refractivity contribution in [3.8, 4) is 0 Å². The van der Waals surface area contributed by atoms with Crippen molar-refractivity contribution < 1.29 is 83.6 Å². The van der Waals surface area contributed by atoms with E-state index in [1.807, 2.05) is 0 Å². The van der Waals surface area contributed by atoms with Gasteiger partial charge in [0.1, 0.15) is 36.6 Å². The number of carboxylic acid groups (broad SMARTS) is 1. The smallest absolute Gasteiger partial charge is 0.397 e. The highest BCUT2D eigenvalue weighted by Gasteiger charge is 2.55. The predicted molar refractivity (Wildman–Crippen MR) is 102 cm³/mol. The van der Waals surface area contributed by atoms with Gasteiger partial charge in [0.25, 0.3) is 0 Å². The fraction of sp³-hybridized carbons (Fsp3) is 0.857. The van der Waals surface area contributed by atoms with Crippen LogP contribution in [-0.2, 0) is 53.0 Å². The fourth-order valence-electron chi connectivity index (χ4n) is 3.42. The van der Waals surface area contributed by atoms with Crippen molar-refractivity contribution in [1.82, 2.24) is 5.32 Å². The molecule has 2 rings (SSSR count). The number of hydrogen-bond acceptors (Lipinski definition) is 15. The van der Waals surface area contributed by atoms with Crippen LogP contribution in [0.4, 0.5) is 0 Å². The highest BCUT2D eigenvalue weighted by atomic mass is 32.3. The van der Waals surface area contributed by atoms with Gasteiger partial charge < -0.3 is 45.1 Å². The lowest BCUT2D eigenvalue weighted by atomic mass is 9.95. The van der Waals surface area contributed by atoms with Crippen molar-refractivity contribution in [1.29, 1.82) is 0 Å². The summed E-state index contributed by atoms with van der Waals surface area (Å²) >= 11 is 0. The number of aliphatic hydroxyl groups is 4. The van der Waals surface area contributed by atoms with Crippen LogP contribution in [0.3, 0.4) is 0 Å². The van der Waals surface area contributed by atoms with Gasteiger partial charge in [0.05, 0.1) is 6.61 Å². The number of carboxylic acids is 1. The maximum absolute atomic E-state index is 11.6. The van der Waals surface area contributed by atoms with E-state index in [0.29, 0.717) is 0 Å². The number of carbonyl (C=O) groups excluding carboxylic acids is 1. The molecule has 0 bridgehead atoms. The second kappa shape index (κ2) is 11.2. The van der Waals surface area contributed by atoms with Crippen LogP contribution in [0.25, 0.3) is 0 Å². The van der Waals surface area contributed by atoms with Gasteiger partial charge >= 0.3 is 26.8 Å². The minimum Gasteiger partial charge on any atom is -0.479 e. The molecule has 10 atom stereocenters. The van der Waals surface area contributed by atoms with Gasteiger partial charge in [-0.25, -0.2) is 13.2 Å². The number of nitrogens with one attached hydrogen (secondary N) is 1. The third-order valence-electron chi connectivity index (χ3n) is 4.76. The van der Waals surface area contributed by atoms with Gasteiger partial charge in [0.2, 0.25) is 5.91 Å². The molecule has 2 aliphatic heterocycles. The molecule has 2 heterocycles. The molecule has 0 aromatic rings. The molecule has 1 amide bonds. The normalized spacial score (nSPS) is 38.6. The van der Waals surface area contributed by atoms with E-state index in [2.05, 4.69) is 13.7 Å². The first-order valence-corrected chi connectivity index (χ1v) is 12.1. The Morgan fingerprint density at radius 3 is 1.91 bits per heavy atom. The van der Waals surface area contributed by atoms with Gasteiger partial charge in [0.15, 0.2) is 24.8 Å². The summed E-state index contributed by atoms with van der Waals surface area (Å²) in [6.07, 6.45) is -19.9. The van der Waals surface area contributed by atoms with Crippen LogP contribution in [-0.4, -0.2) is 131 Å². The Labute approximate surface area is 197 Å². The van der Waals surface area contributed by atoms with Crippen molar-refractivity contribution >= 4 is 32.7 Å². The van der Waals surface area contributed by atoms with E-state index >= 15 is 0 Å². The van der Waals surface area contributed by atoms with Crippen LogP contribution in [0.2, 0.25) is 0 Å². The molecule has 0 aliphatic carbocycles. The second-order valence-corrected chi connectivity index (χ2v) is 9.39. The Bertz CT molecular complexity index is 985. The molecule has 21 heteroatoms. The van der Waals surface area contributed by atoms with Crippen LogP contribution < -0.4 is 5.32 Å². The van der Waals surface area contributed by atoms with E-state index in [1.165, 1.54) is 0 Å². The summed E-state index contributed by atoms with van der Waals surface area (Å²) in [6.45, 7) is -0.151. The van der Waals surface area contributed by atoms with Crippen molar-refractivity contribution in [2.24, 2.45) is 0 Å². The summed E-state index contributed by atoms with van der Waals surface area (Å²) in [5.74, 6) is -2.77. The largest absolute Gasteiger partial charge is 0.479 e. The summed E-state index contributed by atoms with van der Waals surface area (Å²) in [7, 11) is -10.8. The van der Waals surface area contributed by atoms with Crippen LogP contribution in [0.15, 0.2) is 0 Å². The van der Waals surface area contributed by atoms with Gasteiger partial charge in [-0.2, -0.15) is 16.8 Å². The molecule has 204 valence electrons. The van der Waals surface area contributed by atoms with Crippen LogP contribution >= 0.6 is 0 Å². The average Bonchev–Trinajstić information content (AvgIpc) is 2.69. The quantitative estimate of drug-likeness (QED) is 0.123. The Morgan fingerprint density at radius 2 is 1.46 bits per heavy atom.